The largest absolute Gasteiger partial charge is 0.370 e. The monoisotopic (exact) mass is 264 g/mol. The average molecular weight is 264 g/mol. The maximum atomic E-state index is 13.9. The van der Waals surface area contributed by atoms with Gasteiger partial charge in [-0.1, -0.05) is 0 Å². The van der Waals surface area contributed by atoms with Gasteiger partial charge in [0.05, 0.1) is 5.69 Å². The van der Waals surface area contributed by atoms with Crippen LogP contribution in [0.2, 0.25) is 0 Å². The first-order chi connectivity index (χ1) is 7.82. The molecule has 0 amide bonds. The number of nitrogens with zero attached hydrogens (tertiary/aromatic N) is 1. The highest BCUT2D eigenvalue weighted by Gasteiger charge is 2.24. The predicted molar refractivity (Wildman–Crippen MR) is 61.3 cm³/mol. The molecule has 0 unspecified atom stereocenters. The highest BCUT2D eigenvalue weighted by molar-refractivity contribution is 7.89. The maximum Gasteiger partial charge on any atom is 0.243 e. The van der Waals surface area contributed by atoms with Gasteiger partial charge in [0.15, 0.2) is 10.7 Å². The van der Waals surface area contributed by atoms with Gasteiger partial charge in [0.1, 0.15) is 5.82 Å². The van der Waals surface area contributed by atoms with Crippen molar-refractivity contribution in [3.8, 4) is 0 Å². The molecule has 0 fully saturated rings. The summed E-state index contributed by atoms with van der Waals surface area (Å²) in [5, 5.41) is 4.78. The Morgan fingerprint density at radius 1 is 1.24 bits per heavy atom. The zero-order valence-corrected chi connectivity index (χ0v) is 10.4. The SMILES string of the molecule is CCN(CC)c1ccc(F)c(S(N)(=O)=O)c1F. The summed E-state index contributed by atoms with van der Waals surface area (Å²) < 4.78 is 49.4. The summed E-state index contributed by atoms with van der Waals surface area (Å²) in [7, 11) is -4.41. The zero-order chi connectivity index (χ0) is 13.2. The molecule has 1 aromatic carbocycles. The van der Waals surface area contributed by atoms with E-state index in [1.54, 1.807) is 18.7 Å². The Balaban J connectivity index is 3.49. The Bertz CT molecular complexity index is 513. The molecule has 0 saturated heterocycles. The Hall–Kier alpha value is -1.21. The van der Waals surface area contributed by atoms with Crippen molar-refractivity contribution in [3.05, 3.63) is 23.8 Å². The van der Waals surface area contributed by atoms with Crippen molar-refractivity contribution in [1.29, 1.82) is 0 Å². The van der Waals surface area contributed by atoms with Crippen LogP contribution in [-0.2, 0) is 10.0 Å². The molecule has 0 heterocycles. The summed E-state index contributed by atoms with van der Waals surface area (Å²) in [6.07, 6.45) is 0. The van der Waals surface area contributed by atoms with Gasteiger partial charge in [-0.15, -0.1) is 0 Å². The molecule has 17 heavy (non-hydrogen) atoms. The number of halogens is 2. The summed E-state index contributed by atoms with van der Waals surface area (Å²) in [6.45, 7) is 4.51. The lowest BCUT2D eigenvalue weighted by Gasteiger charge is -2.22. The fraction of sp³-hybridized carbons (Fsp3) is 0.400. The molecule has 0 radical (unpaired) electrons. The molecule has 0 saturated carbocycles. The third kappa shape index (κ3) is 2.73. The van der Waals surface area contributed by atoms with Crippen LogP contribution >= 0.6 is 0 Å². The molecule has 0 atom stereocenters. The van der Waals surface area contributed by atoms with Gasteiger partial charge in [-0.2, -0.15) is 0 Å². The van der Waals surface area contributed by atoms with Gasteiger partial charge in [0.2, 0.25) is 10.0 Å². The van der Waals surface area contributed by atoms with Gasteiger partial charge >= 0.3 is 0 Å². The molecule has 96 valence electrons. The van der Waals surface area contributed by atoms with Crippen LogP contribution in [0.1, 0.15) is 13.8 Å². The first-order valence-electron chi connectivity index (χ1n) is 5.08. The summed E-state index contributed by atoms with van der Waals surface area (Å²) in [5.41, 5.74) is 0.0282. The van der Waals surface area contributed by atoms with E-state index in [1.807, 2.05) is 0 Å². The van der Waals surface area contributed by atoms with Gasteiger partial charge in [-0.3, -0.25) is 0 Å². The minimum absolute atomic E-state index is 0.0282. The molecule has 0 aromatic heterocycles. The summed E-state index contributed by atoms with van der Waals surface area (Å²) in [6, 6.07) is 2.10. The molecular formula is C10H14F2N2O2S. The third-order valence-corrected chi connectivity index (χ3v) is 3.36. The van der Waals surface area contributed by atoms with Gasteiger partial charge < -0.3 is 4.90 Å². The molecule has 4 nitrogen and oxygen atoms in total. The van der Waals surface area contributed by atoms with Crippen molar-refractivity contribution in [2.45, 2.75) is 18.7 Å². The highest BCUT2D eigenvalue weighted by atomic mass is 32.2. The first kappa shape index (κ1) is 13.9. The third-order valence-electron chi connectivity index (χ3n) is 2.42. The lowest BCUT2D eigenvalue weighted by molar-refractivity contribution is 0.518. The van der Waals surface area contributed by atoms with Crippen LogP contribution < -0.4 is 10.0 Å². The van der Waals surface area contributed by atoms with Crippen LogP contribution in [0.5, 0.6) is 0 Å². The second kappa shape index (κ2) is 4.97. The Morgan fingerprint density at radius 3 is 2.18 bits per heavy atom. The number of benzene rings is 1. The average Bonchev–Trinajstić information content (AvgIpc) is 2.21. The van der Waals surface area contributed by atoms with Crippen molar-refractivity contribution in [3.63, 3.8) is 0 Å². The molecule has 7 heteroatoms. The lowest BCUT2D eigenvalue weighted by atomic mass is 10.2. The van der Waals surface area contributed by atoms with E-state index in [4.69, 9.17) is 5.14 Å². The fourth-order valence-electron chi connectivity index (χ4n) is 1.59. The van der Waals surface area contributed by atoms with Crippen molar-refractivity contribution in [2.24, 2.45) is 5.14 Å². The van der Waals surface area contributed by atoms with E-state index in [2.05, 4.69) is 0 Å². The number of hydrogen-bond acceptors (Lipinski definition) is 3. The first-order valence-corrected chi connectivity index (χ1v) is 6.63. The van der Waals surface area contributed by atoms with Gasteiger partial charge in [-0.05, 0) is 26.0 Å². The number of sulfonamides is 1. The molecule has 1 rings (SSSR count). The maximum absolute atomic E-state index is 13.9. The Morgan fingerprint density at radius 2 is 1.76 bits per heavy atom. The summed E-state index contributed by atoms with van der Waals surface area (Å²) in [5.74, 6) is -2.32. The van der Waals surface area contributed by atoms with E-state index >= 15 is 0 Å². The smallest absolute Gasteiger partial charge is 0.243 e. The summed E-state index contributed by atoms with van der Waals surface area (Å²) in [4.78, 5) is 0.491. The Kier molecular flexibility index (Phi) is 4.05. The van der Waals surface area contributed by atoms with E-state index in [1.165, 1.54) is 6.07 Å². The molecule has 0 bridgehead atoms. The number of anilines is 1. The van der Waals surface area contributed by atoms with Crippen LogP contribution in [0.4, 0.5) is 14.5 Å². The Labute approximate surface area is 99.1 Å². The van der Waals surface area contributed by atoms with E-state index in [-0.39, 0.29) is 5.69 Å². The standard InChI is InChI=1S/C10H14F2N2O2S/c1-3-14(4-2)8-6-5-7(11)10(9(8)12)17(13,15)16/h5-6H,3-4H2,1-2H3,(H2,13,15,16). The molecular weight excluding hydrogens is 250 g/mol. The van der Waals surface area contributed by atoms with Gasteiger partial charge in [-0.25, -0.2) is 22.3 Å². The zero-order valence-electron chi connectivity index (χ0n) is 9.57. The molecule has 0 spiro atoms. The van der Waals surface area contributed by atoms with Gasteiger partial charge in [0.25, 0.3) is 0 Å². The van der Waals surface area contributed by atoms with E-state index in [0.717, 1.165) is 6.07 Å². The minimum Gasteiger partial charge on any atom is -0.370 e. The minimum atomic E-state index is -4.41. The molecule has 0 aliphatic heterocycles. The number of rotatable bonds is 4. The lowest BCUT2D eigenvalue weighted by Crippen LogP contribution is -2.25. The van der Waals surface area contributed by atoms with Crippen LogP contribution in [0.15, 0.2) is 17.0 Å². The van der Waals surface area contributed by atoms with Crippen molar-refractivity contribution in [1.82, 2.24) is 0 Å². The molecule has 0 aliphatic rings. The van der Waals surface area contributed by atoms with Crippen molar-refractivity contribution < 1.29 is 17.2 Å². The number of nitrogens with two attached hydrogens (primary N) is 1. The number of primary sulfonamides is 1. The van der Waals surface area contributed by atoms with Crippen molar-refractivity contribution >= 4 is 15.7 Å². The molecule has 0 aliphatic carbocycles. The normalized spacial score (nSPS) is 11.6. The molecule has 1 aromatic rings. The molecule has 2 N–H and O–H groups in total. The van der Waals surface area contributed by atoms with Crippen molar-refractivity contribution in [2.75, 3.05) is 18.0 Å². The van der Waals surface area contributed by atoms with Crippen LogP contribution in [0, 0.1) is 11.6 Å². The van der Waals surface area contributed by atoms with Crippen LogP contribution in [-0.4, -0.2) is 21.5 Å². The second-order valence-electron chi connectivity index (χ2n) is 3.43. The predicted octanol–water partition coefficient (Wildman–Crippen LogP) is 1.46. The van der Waals surface area contributed by atoms with Gasteiger partial charge in [0, 0.05) is 13.1 Å². The topological polar surface area (TPSA) is 63.4 Å². The van der Waals surface area contributed by atoms with E-state index in [9.17, 15) is 17.2 Å². The second-order valence-corrected chi connectivity index (χ2v) is 4.93. The van der Waals surface area contributed by atoms with E-state index < -0.39 is 26.6 Å². The number of hydrogen-bond donors (Lipinski definition) is 1. The summed E-state index contributed by atoms with van der Waals surface area (Å²) >= 11 is 0. The quantitative estimate of drug-likeness (QED) is 0.895. The van der Waals surface area contributed by atoms with Crippen LogP contribution in [0.3, 0.4) is 0 Å². The fourth-order valence-corrected chi connectivity index (χ4v) is 2.29. The highest BCUT2D eigenvalue weighted by Crippen LogP contribution is 2.27. The van der Waals surface area contributed by atoms with E-state index in [0.29, 0.717) is 13.1 Å². The van der Waals surface area contributed by atoms with Crippen LogP contribution in [0.25, 0.3) is 0 Å².